The van der Waals surface area contributed by atoms with E-state index in [2.05, 4.69) is 65.1 Å². The number of rotatable bonds is 3. The van der Waals surface area contributed by atoms with Crippen LogP contribution in [0.15, 0.2) is 42.6 Å². The third-order valence-electron chi connectivity index (χ3n) is 2.89. The number of aryl methyl sites for hydroxylation is 2. The van der Waals surface area contributed by atoms with Gasteiger partial charge in [0, 0.05) is 23.1 Å². The van der Waals surface area contributed by atoms with Crippen LogP contribution in [0.2, 0.25) is 0 Å². The van der Waals surface area contributed by atoms with Gasteiger partial charge in [-0.05, 0) is 31.0 Å². The molecule has 2 heteroatoms. The predicted octanol–water partition coefficient (Wildman–Crippen LogP) is 4.38. The Balaban J connectivity index is 2.17. The van der Waals surface area contributed by atoms with Crippen molar-refractivity contribution in [2.75, 3.05) is 0 Å². The Morgan fingerprint density at radius 1 is 1.18 bits per heavy atom. The van der Waals surface area contributed by atoms with Crippen molar-refractivity contribution in [1.29, 1.82) is 0 Å². The van der Waals surface area contributed by atoms with E-state index in [0.29, 0.717) is 4.83 Å². The van der Waals surface area contributed by atoms with Gasteiger partial charge in [-0.15, -0.1) is 0 Å². The van der Waals surface area contributed by atoms with Gasteiger partial charge < -0.3 is 0 Å². The van der Waals surface area contributed by atoms with Crippen molar-refractivity contribution in [2.45, 2.75) is 25.1 Å². The minimum Gasteiger partial charge on any atom is -0.261 e. The van der Waals surface area contributed by atoms with Crippen LogP contribution in [0.1, 0.15) is 27.2 Å². The second-order valence-corrected chi connectivity index (χ2v) is 5.46. The number of hydrogen-bond acceptors (Lipinski definition) is 1. The van der Waals surface area contributed by atoms with E-state index in [1.54, 1.807) is 0 Å². The molecule has 1 aromatic heterocycles. The summed E-state index contributed by atoms with van der Waals surface area (Å²) < 4.78 is 0. The van der Waals surface area contributed by atoms with Crippen LogP contribution in [0.4, 0.5) is 0 Å². The molecule has 0 aliphatic heterocycles. The van der Waals surface area contributed by atoms with Crippen LogP contribution < -0.4 is 0 Å². The first-order valence-corrected chi connectivity index (χ1v) is 6.69. The number of hydrogen-bond donors (Lipinski definition) is 0. The van der Waals surface area contributed by atoms with Crippen molar-refractivity contribution >= 4 is 15.9 Å². The second-order valence-electron chi connectivity index (χ2n) is 4.35. The van der Waals surface area contributed by atoms with Gasteiger partial charge >= 0.3 is 0 Å². The highest BCUT2D eigenvalue weighted by Crippen LogP contribution is 2.27. The summed E-state index contributed by atoms with van der Waals surface area (Å²) in [6, 6.07) is 12.7. The molecule has 0 spiro atoms. The molecule has 2 aromatic rings. The fraction of sp³-hybridized carbons (Fsp3) is 0.267. The highest BCUT2D eigenvalue weighted by atomic mass is 79.9. The highest BCUT2D eigenvalue weighted by molar-refractivity contribution is 9.09. The summed E-state index contributed by atoms with van der Waals surface area (Å²) in [4.78, 5) is 4.77. The SMILES string of the molecule is Cc1cccc(C(Br)Cc2ncccc2C)c1. The third-order valence-corrected chi connectivity index (χ3v) is 3.75. The topological polar surface area (TPSA) is 12.9 Å². The molecule has 88 valence electrons. The zero-order valence-electron chi connectivity index (χ0n) is 10.2. The van der Waals surface area contributed by atoms with Gasteiger partial charge in [-0.1, -0.05) is 51.8 Å². The average Bonchev–Trinajstić information content (AvgIpc) is 2.32. The summed E-state index contributed by atoms with van der Waals surface area (Å²) in [5.74, 6) is 0. The molecule has 1 unspecified atom stereocenters. The van der Waals surface area contributed by atoms with Crippen molar-refractivity contribution in [2.24, 2.45) is 0 Å². The fourth-order valence-electron chi connectivity index (χ4n) is 1.88. The Morgan fingerprint density at radius 2 is 2.00 bits per heavy atom. The summed E-state index contributed by atoms with van der Waals surface area (Å²) in [6.07, 6.45) is 2.79. The van der Waals surface area contributed by atoms with E-state index >= 15 is 0 Å². The van der Waals surface area contributed by atoms with Gasteiger partial charge in [0.15, 0.2) is 0 Å². The normalized spacial score (nSPS) is 12.4. The molecule has 0 fully saturated rings. The molecule has 0 aliphatic rings. The van der Waals surface area contributed by atoms with E-state index in [4.69, 9.17) is 0 Å². The van der Waals surface area contributed by atoms with Crippen molar-refractivity contribution < 1.29 is 0 Å². The molecule has 1 nitrogen and oxygen atoms in total. The van der Waals surface area contributed by atoms with Crippen LogP contribution in [-0.2, 0) is 6.42 Å². The van der Waals surface area contributed by atoms with Crippen LogP contribution in [0.25, 0.3) is 0 Å². The van der Waals surface area contributed by atoms with E-state index in [1.807, 2.05) is 12.3 Å². The number of alkyl halides is 1. The minimum atomic E-state index is 0.330. The highest BCUT2D eigenvalue weighted by Gasteiger charge is 2.10. The summed E-state index contributed by atoms with van der Waals surface area (Å²) in [6.45, 7) is 4.23. The smallest absolute Gasteiger partial charge is 0.0450 e. The Hall–Kier alpha value is -1.15. The van der Waals surface area contributed by atoms with Gasteiger partial charge in [0.05, 0.1) is 0 Å². The van der Waals surface area contributed by atoms with Gasteiger partial charge in [0.25, 0.3) is 0 Å². The van der Waals surface area contributed by atoms with E-state index in [0.717, 1.165) is 12.1 Å². The largest absolute Gasteiger partial charge is 0.261 e. The molecule has 0 saturated heterocycles. The molecule has 0 amide bonds. The van der Waals surface area contributed by atoms with E-state index in [9.17, 15) is 0 Å². The number of pyridine rings is 1. The van der Waals surface area contributed by atoms with E-state index < -0.39 is 0 Å². The Bertz CT molecular complexity index is 508. The molecule has 0 N–H and O–H groups in total. The Labute approximate surface area is 111 Å². The predicted molar refractivity (Wildman–Crippen MR) is 75.5 cm³/mol. The zero-order chi connectivity index (χ0) is 12.3. The van der Waals surface area contributed by atoms with Crippen LogP contribution in [0.3, 0.4) is 0 Å². The molecule has 0 radical (unpaired) electrons. The molecule has 17 heavy (non-hydrogen) atoms. The summed E-state index contributed by atoms with van der Waals surface area (Å²) in [7, 11) is 0. The standard InChI is InChI=1S/C15H16BrN/c1-11-5-3-7-13(9-11)14(16)10-15-12(2)6-4-8-17-15/h3-9,14H,10H2,1-2H3. The molecular weight excluding hydrogens is 274 g/mol. The van der Waals surface area contributed by atoms with Crippen molar-refractivity contribution in [1.82, 2.24) is 4.98 Å². The fourth-order valence-corrected chi connectivity index (χ4v) is 2.48. The van der Waals surface area contributed by atoms with Gasteiger partial charge in [-0.3, -0.25) is 4.98 Å². The van der Waals surface area contributed by atoms with Gasteiger partial charge in [-0.2, -0.15) is 0 Å². The maximum Gasteiger partial charge on any atom is 0.0450 e. The summed E-state index contributed by atoms with van der Waals surface area (Å²) in [5, 5.41) is 0. The van der Waals surface area contributed by atoms with Gasteiger partial charge in [0.1, 0.15) is 0 Å². The second kappa shape index (κ2) is 5.46. The van der Waals surface area contributed by atoms with Gasteiger partial charge in [-0.25, -0.2) is 0 Å². The maximum atomic E-state index is 4.44. The molecule has 2 rings (SSSR count). The Kier molecular flexibility index (Phi) is 3.95. The van der Waals surface area contributed by atoms with Crippen molar-refractivity contribution in [3.8, 4) is 0 Å². The minimum absolute atomic E-state index is 0.330. The number of benzene rings is 1. The summed E-state index contributed by atoms with van der Waals surface area (Å²) in [5.41, 5.74) is 5.03. The number of aromatic nitrogens is 1. The first kappa shape index (κ1) is 12.3. The zero-order valence-corrected chi connectivity index (χ0v) is 11.7. The van der Waals surface area contributed by atoms with E-state index in [1.165, 1.54) is 16.7 Å². The van der Waals surface area contributed by atoms with Crippen molar-refractivity contribution in [3.63, 3.8) is 0 Å². The quantitative estimate of drug-likeness (QED) is 0.765. The van der Waals surface area contributed by atoms with Gasteiger partial charge in [0.2, 0.25) is 0 Å². The van der Waals surface area contributed by atoms with E-state index in [-0.39, 0.29) is 0 Å². The molecule has 1 aromatic carbocycles. The third kappa shape index (κ3) is 3.16. The van der Waals surface area contributed by atoms with Crippen LogP contribution in [0, 0.1) is 13.8 Å². The van der Waals surface area contributed by atoms with Crippen LogP contribution >= 0.6 is 15.9 Å². The molecule has 0 saturated carbocycles. The molecular formula is C15H16BrN. The maximum absolute atomic E-state index is 4.44. The molecule has 0 bridgehead atoms. The van der Waals surface area contributed by atoms with Crippen molar-refractivity contribution in [3.05, 3.63) is 65.0 Å². The summed E-state index contributed by atoms with van der Waals surface area (Å²) >= 11 is 3.75. The van der Waals surface area contributed by atoms with Crippen LogP contribution in [0.5, 0.6) is 0 Å². The molecule has 0 aliphatic carbocycles. The Morgan fingerprint density at radius 3 is 2.71 bits per heavy atom. The van der Waals surface area contributed by atoms with Crippen LogP contribution in [-0.4, -0.2) is 4.98 Å². The lowest BCUT2D eigenvalue weighted by molar-refractivity contribution is 0.891. The monoisotopic (exact) mass is 289 g/mol. The lowest BCUT2D eigenvalue weighted by atomic mass is 10.0. The average molecular weight is 290 g/mol. The molecule has 1 atom stereocenters. The first-order chi connectivity index (χ1) is 8.16. The lowest BCUT2D eigenvalue weighted by Gasteiger charge is -2.12. The molecule has 1 heterocycles. The number of nitrogens with zero attached hydrogens (tertiary/aromatic N) is 1. The lowest BCUT2D eigenvalue weighted by Crippen LogP contribution is -2.00. The first-order valence-electron chi connectivity index (χ1n) is 5.78. The number of halogens is 1.